The Morgan fingerprint density at radius 1 is 1.89 bits per heavy atom. The highest BCUT2D eigenvalue weighted by Crippen LogP contribution is 2.09. The van der Waals surface area contributed by atoms with Gasteiger partial charge in [-0.1, -0.05) is 0 Å². The fraction of sp³-hybridized carbons (Fsp3) is 0.500. The van der Waals surface area contributed by atoms with Crippen LogP contribution in [0.15, 0.2) is 11.8 Å². The summed E-state index contributed by atoms with van der Waals surface area (Å²) in [6.45, 7) is 0.395. The number of carbonyl (C=O) groups excluding carboxylic acids is 1. The first-order valence-electron chi connectivity index (χ1n) is 2.71. The summed E-state index contributed by atoms with van der Waals surface area (Å²) in [7, 11) is 1.56. The molecule has 0 atom stereocenters. The lowest BCUT2D eigenvalue weighted by molar-refractivity contribution is -0.137. The minimum atomic E-state index is -0.193. The van der Waals surface area contributed by atoms with Crippen molar-refractivity contribution in [3.8, 4) is 0 Å². The fourth-order valence-electron chi connectivity index (χ4n) is 0.657. The molecule has 3 heteroatoms. The van der Waals surface area contributed by atoms with Crippen LogP contribution < -0.4 is 0 Å². The van der Waals surface area contributed by atoms with E-state index in [0.717, 1.165) is 0 Å². The summed E-state index contributed by atoms with van der Waals surface area (Å²) >= 11 is 0. The first-order valence-corrected chi connectivity index (χ1v) is 2.71. The Labute approximate surface area is 53.3 Å². The molecule has 0 radical (unpaired) electrons. The van der Waals surface area contributed by atoms with Gasteiger partial charge in [0, 0.05) is 7.11 Å². The molecule has 0 bridgehead atoms. The summed E-state index contributed by atoms with van der Waals surface area (Å²) in [6.07, 6.45) is 2.12. The Morgan fingerprint density at radius 2 is 2.67 bits per heavy atom. The Hall–Kier alpha value is -0.830. The van der Waals surface area contributed by atoms with E-state index in [-0.39, 0.29) is 5.97 Å². The molecule has 0 saturated carbocycles. The third-order valence-corrected chi connectivity index (χ3v) is 1.03. The number of rotatable bonds is 2. The second kappa shape index (κ2) is 2.64. The molecule has 0 spiro atoms. The molecule has 0 aromatic heterocycles. The van der Waals surface area contributed by atoms with E-state index in [1.807, 2.05) is 0 Å². The van der Waals surface area contributed by atoms with Gasteiger partial charge >= 0.3 is 5.97 Å². The first-order chi connectivity index (χ1) is 4.33. The Kier molecular flexibility index (Phi) is 1.85. The predicted molar refractivity (Wildman–Crippen MR) is 30.7 cm³/mol. The van der Waals surface area contributed by atoms with Gasteiger partial charge in [-0.05, 0) is 6.08 Å². The van der Waals surface area contributed by atoms with Crippen molar-refractivity contribution in [3.05, 3.63) is 11.8 Å². The van der Waals surface area contributed by atoms with Crippen LogP contribution in [-0.2, 0) is 14.3 Å². The van der Waals surface area contributed by atoms with Gasteiger partial charge in [-0.15, -0.1) is 0 Å². The number of hydrogen-bond acceptors (Lipinski definition) is 3. The van der Waals surface area contributed by atoms with Gasteiger partial charge < -0.3 is 9.47 Å². The number of carbonyl (C=O) groups is 1. The van der Waals surface area contributed by atoms with E-state index < -0.39 is 0 Å². The molecule has 1 aliphatic heterocycles. The number of hydrogen-bond donors (Lipinski definition) is 0. The van der Waals surface area contributed by atoms with E-state index in [0.29, 0.717) is 18.8 Å². The van der Waals surface area contributed by atoms with Crippen LogP contribution in [0.2, 0.25) is 0 Å². The van der Waals surface area contributed by atoms with Crippen LogP contribution in [0.5, 0.6) is 0 Å². The van der Waals surface area contributed by atoms with Crippen LogP contribution in [0, 0.1) is 0 Å². The monoisotopic (exact) mass is 128 g/mol. The van der Waals surface area contributed by atoms with Gasteiger partial charge in [-0.3, -0.25) is 4.79 Å². The minimum Gasteiger partial charge on any atom is -0.429 e. The fourth-order valence-corrected chi connectivity index (χ4v) is 0.657. The molecule has 9 heavy (non-hydrogen) atoms. The Balaban J connectivity index is 2.36. The predicted octanol–water partition coefficient (Wildman–Crippen LogP) is 0.464. The molecule has 0 fully saturated rings. The topological polar surface area (TPSA) is 35.5 Å². The van der Waals surface area contributed by atoms with Crippen molar-refractivity contribution in [3.63, 3.8) is 0 Å². The maximum Gasteiger partial charge on any atom is 0.314 e. The van der Waals surface area contributed by atoms with E-state index in [9.17, 15) is 4.79 Å². The first kappa shape index (κ1) is 6.29. The van der Waals surface area contributed by atoms with Gasteiger partial charge in [0.15, 0.2) is 0 Å². The van der Waals surface area contributed by atoms with Crippen LogP contribution in [0.25, 0.3) is 0 Å². The molecule has 0 aliphatic carbocycles. The molecule has 3 nitrogen and oxygen atoms in total. The quantitative estimate of drug-likeness (QED) is 0.507. The van der Waals surface area contributed by atoms with E-state index >= 15 is 0 Å². The second-order valence-corrected chi connectivity index (χ2v) is 1.78. The lowest BCUT2D eigenvalue weighted by Crippen LogP contribution is -1.98. The van der Waals surface area contributed by atoms with Crippen molar-refractivity contribution in [2.45, 2.75) is 6.42 Å². The van der Waals surface area contributed by atoms with Gasteiger partial charge in [0.1, 0.15) is 12.4 Å². The van der Waals surface area contributed by atoms with Crippen molar-refractivity contribution in [2.24, 2.45) is 0 Å². The summed E-state index contributed by atoms with van der Waals surface area (Å²) in [4.78, 5) is 10.4. The van der Waals surface area contributed by atoms with Crippen LogP contribution in [0.1, 0.15) is 6.42 Å². The number of methoxy groups -OCH3 is 1. The molecule has 0 saturated heterocycles. The molecule has 0 aromatic carbocycles. The molecule has 0 N–H and O–H groups in total. The van der Waals surface area contributed by atoms with Crippen LogP contribution in [0.4, 0.5) is 0 Å². The third-order valence-electron chi connectivity index (χ3n) is 1.03. The van der Waals surface area contributed by atoms with Crippen molar-refractivity contribution in [2.75, 3.05) is 13.7 Å². The van der Waals surface area contributed by atoms with Crippen molar-refractivity contribution >= 4 is 5.97 Å². The molecule has 50 valence electrons. The summed E-state index contributed by atoms with van der Waals surface area (Å²) < 4.78 is 9.43. The van der Waals surface area contributed by atoms with E-state index in [2.05, 4.69) is 0 Å². The van der Waals surface area contributed by atoms with E-state index in [1.165, 1.54) is 0 Å². The normalized spacial score (nSPS) is 17.4. The van der Waals surface area contributed by atoms with E-state index in [1.54, 1.807) is 13.2 Å². The third kappa shape index (κ3) is 1.54. The molecule has 1 aliphatic rings. The second-order valence-electron chi connectivity index (χ2n) is 1.78. The highest BCUT2D eigenvalue weighted by molar-refractivity contribution is 5.75. The average Bonchev–Trinajstić information content (AvgIpc) is 2.17. The molecular formula is C6H8O3. The number of esters is 1. The van der Waals surface area contributed by atoms with Crippen LogP contribution in [-0.4, -0.2) is 19.7 Å². The van der Waals surface area contributed by atoms with Gasteiger partial charge in [-0.2, -0.15) is 0 Å². The molecule has 1 heterocycles. The molecule has 0 unspecified atom stereocenters. The zero-order valence-corrected chi connectivity index (χ0v) is 5.22. The molecule has 1 rings (SSSR count). The van der Waals surface area contributed by atoms with Crippen molar-refractivity contribution in [1.82, 2.24) is 0 Å². The zero-order chi connectivity index (χ0) is 6.69. The zero-order valence-electron chi connectivity index (χ0n) is 5.22. The van der Waals surface area contributed by atoms with E-state index in [4.69, 9.17) is 9.47 Å². The molecular weight excluding hydrogens is 120 g/mol. The summed E-state index contributed by atoms with van der Waals surface area (Å²) in [5.41, 5.74) is 0. The largest absolute Gasteiger partial charge is 0.429 e. The maximum atomic E-state index is 10.4. The van der Waals surface area contributed by atoms with Crippen LogP contribution in [0.3, 0.4) is 0 Å². The van der Waals surface area contributed by atoms with Crippen molar-refractivity contribution in [1.29, 1.82) is 0 Å². The SMILES string of the molecule is COCC1=CCC(=O)O1. The standard InChI is InChI=1S/C6H8O3/c1-8-4-5-2-3-6(7)9-5/h2H,3-4H2,1H3. The highest BCUT2D eigenvalue weighted by atomic mass is 16.6. The highest BCUT2D eigenvalue weighted by Gasteiger charge is 2.12. The summed E-state index contributed by atoms with van der Waals surface area (Å²) in [5, 5.41) is 0. The Morgan fingerprint density at radius 3 is 3.11 bits per heavy atom. The summed E-state index contributed by atoms with van der Waals surface area (Å²) in [6, 6.07) is 0. The maximum absolute atomic E-state index is 10.4. The van der Waals surface area contributed by atoms with Gasteiger partial charge in [-0.25, -0.2) is 0 Å². The van der Waals surface area contributed by atoms with Gasteiger partial charge in [0.05, 0.1) is 6.42 Å². The minimum absolute atomic E-state index is 0.193. The van der Waals surface area contributed by atoms with Gasteiger partial charge in [0.2, 0.25) is 0 Å². The Bertz CT molecular complexity index is 148. The smallest absolute Gasteiger partial charge is 0.314 e. The van der Waals surface area contributed by atoms with Crippen molar-refractivity contribution < 1.29 is 14.3 Å². The molecule has 0 amide bonds. The van der Waals surface area contributed by atoms with Crippen LogP contribution >= 0.6 is 0 Å². The van der Waals surface area contributed by atoms with Gasteiger partial charge in [0.25, 0.3) is 0 Å². The lowest BCUT2D eigenvalue weighted by atomic mass is 10.4. The average molecular weight is 128 g/mol. The number of cyclic esters (lactones) is 1. The number of ether oxygens (including phenoxy) is 2. The lowest BCUT2D eigenvalue weighted by Gasteiger charge is -1.97. The summed E-state index contributed by atoms with van der Waals surface area (Å²) in [5.74, 6) is 0.435. The molecule has 0 aromatic rings.